The molecule has 0 bridgehead atoms. The summed E-state index contributed by atoms with van der Waals surface area (Å²) in [5, 5.41) is 25.2. The molecule has 0 saturated heterocycles. The Labute approximate surface area is 187 Å². The molecule has 1 saturated carbocycles. The van der Waals surface area contributed by atoms with E-state index >= 15 is 0 Å². The number of aryl methyl sites for hydroxylation is 1. The summed E-state index contributed by atoms with van der Waals surface area (Å²) >= 11 is 2.87. The van der Waals surface area contributed by atoms with Gasteiger partial charge >= 0.3 is 0 Å². The van der Waals surface area contributed by atoms with Gasteiger partial charge in [-0.3, -0.25) is 14.6 Å². The van der Waals surface area contributed by atoms with E-state index in [0.717, 1.165) is 47.0 Å². The Balaban J connectivity index is 1.27. The van der Waals surface area contributed by atoms with E-state index in [9.17, 15) is 9.59 Å². The van der Waals surface area contributed by atoms with Crippen molar-refractivity contribution in [2.75, 3.05) is 10.6 Å². The fourth-order valence-corrected chi connectivity index (χ4v) is 5.48. The molecular weight excluding hydrogens is 434 g/mol. The van der Waals surface area contributed by atoms with Crippen LogP contribution in [-0.2, 0) is 22.4 Å². The Morgan fingerprint density at radius 3 is 2.65 bits per heavy atom. The molecule has 1 aliphatic carbocycles. The van der Waals surface area contributed by atoms with Crippen molar-refractivity contribution in [2.45, 2.75) is 51.9 Å². The molecule has 4 rings (SSSR count). The number of hydrogen-bond donors (Lipinski definition) is 2. The van der Waals surface area contributed by atoms with Crippen LogP contribution in [0.2, 0.25) is 0 Å². The third kappa shape index (κ3) is 5.88. The fraction of sp³-hybridized carbons (Fsp3) is 0.450. The first kappa shape index (κ1) is 21.4. The SMILES string of the molecule is CC(=O)Nc1nnc([C@H]2CC[C@@H](Cc3nnc(NC(=O)Cc4ccc(C)nc4)s3)C2)s1. The minimum atomic E-state index is -0.137. The van der Waals surface area contributed by atoms with E-state index in [-0.39, 0.29) is 18.2 Å². The molecule has 31 heavy (non-hydrogen) atoms. The Kier molecular flexibility index (Phi) is 6.62. The van der Waals surface area contributed by atoms with E-state index in [1.165, 1.54) is 29.6 Å². The van der Waals surface area contributed by atoms with Crippen molar-refractivity contribution >= 4 is 44.8 Å². The van der Waals surface area contributed by atoms with E-state index in [0.29, 0.717) is 22.1 Å². The first-order valence-corrected chi connectivity index (χ1v) is 11.7. The summed E-state index contributed by atoms with van der Waals surface area (Å²) in [6.07, 6.45) is 5.95. The number of hydrogen-bond acceptors (Lipinski definition) is 9. The van der Waals surface area contributed by atoms with Gasteiger partial charge in [0.05, 0.1) is 6.42 Å². The number of carbonyl (C=O) groups excluding carboxylic acids is 2. The Bertz CT molecular complexity index is 1060. The number of carbonyl (C=O) groups is 2. The zero-order chi connectivity index (χ0) is 21.8. The number of pyridine rings is 1. The summed E-state index contributed by atoms with van der Waals surface area (Å²) in [4.78, 5) is 27.6. The monoisotopic (exact) mass is 457 g/mol. The molecule has 2 N–H and O–H groups in total. The average Bonchev–Trinajstić information content (AvgIpc) is 3.45. The minimum absolute atomic E-state index is 0.125. The van der Waals surface area contributed by atoms with Crippen LogP contribution in [0.4, 0.5) is 10.3 Å². The summed E-state index contributed by atoms with van der Waals surface area (Å²) in [5.41, 5.74) is 1.79. The van der Waals surface area contributed by atoms with Crippen LogP contribution in [0.25, 0.3) is 0 Å². The summed E-state index contributed by atoms with van der Waals surface area (Å²) in [6, 6.07) is 3.80. The average molecular weight is 458 g/mol. The maximum atomic E-state index is 12.3. The molecular formula is C20H23N7O2S2. The van der Waals surface area contributed by atoms with E-state index in [2.05, 4.69) is 36.0 Å². The molecule has 3 aromatic heterocycles. The maximum Gasteiger partial charge on any atom is 0.230 e. The first-order valence-electron chi connectivity index (χ1n) is 10.1. The molecule has 2 atom stereocenters. The van der Waals surface area contributed by atoms with Crippen LogP contribution < -0.4 is 10.6 Å². The molecule has 9 nitrogen and oxygen atoms in total. The molecule has 1 aliphatic rings. The molecule has 0 aromatic carbocycles. The lowest BCUT2D eigenvalue weighted by Gasteiger charge is -2.06. The molecule has 0 radical (unpaired) electrons. The van der Waals surface area contributed by atoms with Gasteiger partial charge in [-0.1, -0.05) is 28.7 Å². The molecule has 162 valence electrons. The molecule has 1 fully saturated rings. The highest BCUT2D eigenvalue weighted by molar-refractivity contribution is 7.15. The number of rotatable bonds is 7. The third-order valence-corrected chi connectivity index (χ3v) is 6.99. The van der Waals surface area contributed by atoms with Gasteiger partial charge in [0.15, 0.2) is 0 Å². The lowest BCUT2D eigenvalue weighted by molar-refractivity contribution is -0.116. The second-order valence-corrected chi connectivity index (χ2v) is 9.81. The zero-order valence-corrected chi connectivity index (χ0v) is 18.9. The van der Waals surface area contributed by atoms with Crippen LogP contribution in [0.3, 0.4) is 0 Å². The van der Waals surface area contributed by atoms with Crippen LogP contribution in [0.1, 0.15) is 53.4 Å². The smallest absolute Gasteiger partial charge is 0.230 e. The Morgan fingerprint density at radius 2 is 1.87 bits per heavy atom. The summed E-state index contributed by atoms with van der Waals surface area (Å²) in [6.45, 7) is 3.38. The molecule has 11 heteroatoms. The number of anilines is 2. The lowest BCUT2D eigenvalue weighted by atomic mass is 10.0. The predicted octanol–water partition coefficient (Wildman–Crippen LogP) is 3.36. The summed E-state index contributed by atoms with van der Waals surface area (Å²) in [5.74, 6) is 0.593. The van der Waals surface area contributed by atoms with Gasteiger partial charge in [0.1, 0.15) is 10.0 Å². The molecule has 0 aliphatic heterocycles. The van der Waals surface area contributed by atoms with Gasteiger partial charge in [0.25, 0.3) is 0 Å². The van der Waals surface area contributed by atoms with Crippen LogP contribution in [0.5, 0.6) is 0 Å². The standard InChI is InChI=1S/C20H23N7O2S2/c1-11-3-4-14(10-21-11)8-16(29)23-20-26-24-17(30-20)9-13-5-6-15(7-13)18-25-27-19(31-18)22-12(2)28/h3-4,10,13,15H,5-9H2,1-2H3,(H,22,27,28)(H,23,26,29)/t13-,15+/m1/s1. The second kappa shape index (κ2) is 9.56. The molecule has 2 amide bonds. The van der Waals surface area contributed by atoms with Crippen molar-refractivity contribution in [2.24, 2.45) is 5.92 Å². The van der Waals surface area contributed by atoms with Crippen LogP contribution in [-0.4, -0.2) is 37.2 Å². The topological polar surface area (TPSA) is 123 Å². The molecule has 3 heterocycles. The van der Waals surface area contributed by atoms with Gasteiger partial charge < -0.3 is 10.6 Å². The number of aromatic nitrogens is 5. The quantitative estimate of drug-likeness (QED) is 0.558. The molecule has 0 spiro atoms. The van der Waals surface area contributed by atoms with Gasteiger partial charge in [-0.05, 0) is 43.7 Å². The van der Waals surface area contributed by atoms with Crippen molar-refractivity contribution in [3.8, 4) is 0 Å². The third-order valence-electron chi connectivity index (χ3n) is 5.13. The lowest BCUT2D eigenvalue weighted by Crippen LogP contribution is -2.14. The highest BCUT2D eigenvalue weighted by Gasteiger charge is 2.29. The van der Waals surface area contributed by atoms with Gasteiger partial charge in [0.2, 0.25) is 22.1 Å². The van der Waals surface area contributed by atoms with Gasteiger partial charge in [-0.2, -0.15) is 0 Å². The normalized spacial score (nSPS) is 18.1. The highest BCUT2D eigenvalue weighted by Crippen LogP contribution is 2.41. The van der Waals surface area contributed by atoms with Crippen LogP contribution >= 0.6 is 22.7 Å². The summed E-state index contributed by atoms with van der Waals surface area (Å²) < 4.78 is 0. The van der Waals surface area contributed by atoms with Crippen LogP contribution in [0, 0.1) is 12.8 Å². The largest absolute Gasteiger partial charge is 0.301 e. The fourth-order valence-electron chi connectivity index (χ4n) is 3.67. The van der Waals surface area contributed by atoms with E-state index in [1.807, 2.05) is 19.1 Å². The van der Waals surface area contributed by atoms with Gasteiger partial charge in [-0.15, -0.1) is 20.4 Å². The number of nitrogens with zero attached hydrogens (tertiary/aromatic N) is 5. The molecule has 3 aromatic rings. The highest BCUT2D eigenvalue weighted by atomic mass is 32.1. The minimum Gasteiger partial charge on any atom is -0.301 e. The maximum absolute atomic E-state index is 12.3. The van der Waals surface area contributed by atoms with Crippen molar-refractivity contribution in [1.29, 1.82) is 0 Å². The van der Waals surface area contributed by atoms with Gasteiger partial charge in [-0.25, -0.2) is 0 Å². The van der Waals surface area contributed by atoms with Crippen molar-refractivity contribution in [3.05, 3.63) is 39.6 Å². The van der Waals surface area contributed by atoms with E-state index in [1.54, 1.807) is 6.20 Å². The van der Waals surface area contributed by atoms with Crippen molar-refractivity contribution < 1.29 is 9.59 Å². The first-order chi connectivity index (χ1) is 14.9. The number of nitrogens with one attached hydrogen (secondary N) is 2. The zero-order valence-electron chi connectivity index (χ0n) is 17.3. The number of amides is 2. The Hall–Kier alpha value is -2.79. The van der Waals surface area contributed by atoms with Crippen LogP contribution in [0.15, 0.2) is 18.3 Å². The predicted molar refractivity (Wildman–Crippen MR) is 119 cm³/mol. The molecule has 0 unspecified atom stereocenters. The second-order valence-electron chi connectivity index (χ2n) is 7.74. The van der Waals surface area contributed by atoms with Gasteiger partial charge in [0, 0.05) is 31.2 Å². The van der Waals surface area contributed by atoms with Crippen molar-refractivity contribution in [1.82, 2.24) is 25.4 Å². The Morgan fingerprint density at radius 1 is 1.06 bits per heavy atom. The van der Waals surface area contributed by atoms with Crippen molar-refractivity contribution in [3.63, 3.8) is 0 Å². The van der Waals surface area contributed by atoms with E-state index < -0.39 is 0 Å². The summed E-state index contributed by atoms with van der Waals surface area (Å²) in [7, 11) is 0. The van der Waals surface area contributed by atoms with E-state index in [4.69, 9.17) is 0 Å².